The number of hydrogen-bond donors (Lipinski definition) is 1. The molecule has 158 valence electrons. The van der Waals surface area contributed by atoms with Crippen molar-refractivity contribution in [2.45, 2.75) is 34.3 Å². The number of benzene rings is 2. The first kappa shape index (κ1) is 20.7. The number of carbonyl (C=O) groups excluding carboxylic acids is 1. The van der Waals surface area contributed by atoms with Crippen molar-refractivity contribution < 1.29 is 14.1 Å². The van der Waals surface area contributed by atoms with E-state index in [2.05, 4.69) is 53.3 Å². The molecule has 0 saturated carbocycles. The zero-order valence-corrected chi connectivity index (χ0v) is 18.5. The number of nitrogens with one attached hydrogen (secondary N) is 1. The summed E-state index contributed by atoms with van der Waals surface area (Å²) in [5.74, 6) is 1.02. The van der Waals surface area contributed by atoms with Gasteiger partial charge in [0.05, 0.1) is 11.3 Å². The molecule has 2 aromatic carbocycles. The molecule has 0 aliphatic carbocycles. The Labute approximate surface area is 184 Å². The molecule has 0 aliphatic heterocycles. The molecule has 1 amide bonds. The van der Waals surface area contributed by atoms with E-state index in [0.29, 0.717) is 28.2 Å². The second-order valence-electron chi connectivity index (χ2n) is 7.28. The molecular formula is C23H22N4O3S. The minimum absolute atomic E-state index is 0.106. The Bertz CT molecular complexity index is 1220. The first-order valence-electron chi connectivity index (χ1n) is 9.77. The molecular weight excluding hydrogens is 412 g/mol. The molecule has 4 rings (SSSR count). The van der Waals surface area contributed by atoms with Crippen molar-refractivity contribution in [2.75, 3.05) is 5.32 Å². The summed E-state index contributed by atoms with van der Waals surface area (Å²) in [4.78, 5) is 21.6. The van der Waals surface area contributed by atoms with Crippen LogP contribution in [0.5, 0.6) is 5.75 Å². The summed E-state index contributed by atoms with van der Waals surface area (Å²) < 4.78 is 10.7. The number of aromatic nitrogens is 3. The van der Waals surface area contributed by atoms with Gasteiger partial charge in [0.15, 0.2) is 11.7 Å². The molecule has 2 heterocycles. The number of nitrogens with zero attached hydrogens (tertiary/aromatic N) is 3. The van der Waals surface area contributed by atoms with Crippen LogP contribution >= 0.6 is 11.3 Å². The molecule has 7 nitrogen and oxygen atoms in total. The lowest BCUT2D eigenvalue weighted by molar-refractivity contribution is 0.102. The van der Waals surface area contributed by atoms with E-state index in [9.17, 15) is 4.79 Å². The highest BCUT2D eigenvalue weighted by molar-refractivity contribution is 7.14. The van der Waals surface area contributed by atoms with Crippen LogP contribution in [0.15, 0.2) is 46.3 Å². The summed E-state index contributed by atoms with van der Waals surface area (Å²) in [6, 6.07) is 11.3. The number of amides is 1. The van der Waals surface area contributed by atoms with Gasteiger partial charge in [0.2, 0.25) is 11.7 Å². The third-order valence-corrected chi connectivity index (χ3v) is 5.47. The van der Waals surface area contributed by atoms with Gasteiger partial charge in [0.25, 0.3) is 5.91 Å². The van der Waals surface area contributed by atoms with E-state index >= 15 is 0 Å². The highest BCUT2D eigenvalue weighted by atomic mass is 32.1. The quantitative estimate of drug-likeness (QED) is 0.445. The zero-order chi connectivity index (χ0) is 22.0. The highest BCUT2D eigenvalue weighted by Gasteiger charge is 2.16. The number of aryl methyl sites for hydroxylation is 4. The van der Waals surface area contributed by atoms with E-state index in [0.717, 1.165) is 22.4 Å². The average molecular weight is 435 g/mol. The van der Waals surface area contributed by atoms with Crippen LogP contribution in [0.3, 0.4) is 0 Å². The summed E-state index contributed by atoms with van der Waals surface area (Å²) in [7, 11) is 0. The summed E-state index contributed by atoms with van der Waals surface area (Å²) in [5, 5.41) is 9.17. The Morgan fingerprint density at radius 3 is 2.55 bits per heavy atom. The van der Waals surface area contributed by atoms with Crippen molar-refractivity contribution in [3.8, 4) is 17.0 Å². The van der Waals surface area contributed by atoms with Crippen molar-refractivity contribution >= 4 is 22.4 Å². The van der Waals surface area contributed by atoms with Gasteiger partial charge in [-0.25, -0.2) is 4.98 Å². The second kappa shape index (κ2) is 8.69. The Morgan fingerprint density at radius 1 is 1.10 bits per heavy atom. The lowest BCUT2D eigenvalue weighted by atomic mass is 9.98. The Kier molecular flexibility index (Phi) is 5.81. The molecule has 1 N–H and O–H groups in total. The van der Waals surface area contributed by atoms with Crippen molar-refractivity contribution in [1.29, 1.82) is 0 Å². The van der Waals surface area contributed by atoms with Gasteiger partial charge in [-0.05, 0) is 44.0 Å². The van der Waals surface area contributed by atoms with Gasteiger partial charge in [-0.1, -0.05) is 35.0 Å². The van der Waals surface area contributed by atoms with Gasteiger partial charge < -0.3 is 9.26 Å². The fourth-order valence-electron chi connectivity index (χ4n) is 3.52. The van der Waals surface area contributed by atoms with Gasteiger partial charge in [0, 0.05) is 17.9 Å². The van der Waals surface area contributed by atoms with Crippen LogP contribution < -0.4 is 10.1 Å². The predicted octanol–water partition coefficient (Wildman–Crippen LogP) is 5.26. The third kappa shape index (κ3) is 4.64. The lowest BCUT2D eigenvalue weighted by Gasteiger charge is -2.10. The van der Waals surface area contributed by atoms with Crippen LogP contribution in [-0.4, -0.2) is 21.0 Å². The van der Waals surface area contributed by atoms with Crippen LogP contribution in [0.4, 0.5) is 5.13 Å². The average Bonchev–Trinajstić information content (AvgIpc) is 3.35. The molecule has 4 aromatic rings. The van der Waals surface area contributed by atoms with Gasteiger partial charge >= 0.3 is 0 Å². The Hall–Kier alpha value is -3.52. The van der Waals surface area contributed by atoms with Gasteiger partial charge in [-0.3, -0.25) is 10.1 Å². The van der Waals surface area contributed by atoms with E-state index in [-0.39, 0.29) is 12.5 Å². The van der Waals surface area contributed by atoms with Gasteiger partial charge in [-0.15, -0.1) is 11.3 Å². The number of thiazole rings is 1. The Balaban J connectivity index is 1.51. The first-order valence-corrected chi connectivity index (χ1v) is 10.6. The lowest BCUT2D eigenvalue weighted by Crippen LogP contribution is -2.13. The number of ether oxygens (including phenoxy) is 1. The van der Waals surface area contributed by atoms with Crippen molar-refractivity contribution in [2.24, 2.45) is 0 Å². The zero-order valence-electron chi connectivity index (χ0n) is 17.7. The second-order valence-corrected chi connectivity index (χ2v) is 8.14. The fraction of sp³-hybridized carbons (Fsp3) is 0.217. The number of hydrogen-bond acceptors (Lipinski definition) is 7. The maximum absolute atomic E-state index is 12.9. The fourth-order valence-corrected chi connectivity index (χ4v) is 4.21. The first-order chi connectivity index (χ1) is 14.9. The van der Waals surface area contributed by atoms with Crippen LogP contribution in [0.2, 0.25) is 0 Å². The molecule has 8 heteroatoms. The smallest absolute Gasteiger partial charge is 0.261 e. The summed E-state index contributed by atoms with van der Waals surface area (Å²) in [6.07, 6.45) is 0. The number of carbonyl (C=O) groups is 1. The summed E-state index contributed by atoms with van der Waals surface area (Å²) >= 11 is 1.39. The number of para-hydroxylation sites is 1. The molecule has 2 aromatic heterocycles. The normalized spacial score (nSPS) is 10.8. The van der Waals surface area contributed by atoms with E-state index in [4.69, 9.17) is 9.26 Å². The molecule has 0 radical (unpaired) electrons. The maximum Gasteiger partial charge on any atom is 0.261 e. The van der Waals surface area contributed by atoms with Crippen molar-refractivity contribution in [3.05, 3.63) is 75.7 Å². The molecule has 0 unspecified atom stereocenters. The number of anilines is 1. The molecule has 0 fully saturated rings. The van der Waals surface area contributed by atoms with E-state index in [1.165, 1.54) is 16.9 Å². The minimum atomic E-state index is -0.293. The summed E-state index contributed by atoms with van der Waals surface area (Å²) in [6.45, 7) is 8.04. The summed E-state index contributed by atoms with van der Waals surface area (Å²) in [5.41, 5.74) is 5.90. The SMILES string of the molecule is Cc1cc(C)c(-c2csc(NC(=O)c3ccccc3OCc3noc(C)n3)n2)c(C)c1. The van der Waals surface area contributed by atoms with E-state index in [1.807, 2.05) is 5.38 Å². The monoisotopic (exact) mass is 434 g/mol. The Morgan fingerprint density at radius 2 is 1.84 bits per heavy atom. The van der Waals surface area contributed by atoms with Crippen molar-refractivity contribution in [1.82, 2.24) is 15.1 Å². The van der Waals surface area contributed by atoms with Crippen LogP contribution in [-0.2, 0) is 6.61 Å². The van der Waals surface area contributed by atoms with Crippen LogP contribution in [0, 0.1) is 27.7 Å². The minimum Gasteiger partial charge on any atom is -0.485 e. The molecule has 0 aliphatic rings. The van der Waals surface area contributed by atoms with Crippen LogP contribution in [0.1, 0.15) is 38.8 Å². The molecule has 0 saturated heterocycles. The van der Waals surface area contributed by atoms with Crippen LogP contribution in [0.25, 0.3) is 11.3 Å². The van der Waals surface area contributed by atoms with Gasteiger partial charge in [-0.2, -0.15) is 4.98 Å². The topological polar surface area (TPSA) is 90.1 Å². The molecule has 31 heavy (non-hydrogen) atoms. The maximum atomic E-state index is 12.9. The highest BCUT2D eigenvalue weighted by Crippen LogP contribution is 2.31. The molecule has 0 spiro atoms. The molecule has 0 bridgehead atoms. The van der Waals surface area contributed by atoms with Crippen molar-refractivity contribution in [3.63, 3.8) is 0 Å². The third-order valence-electron chi connectivity index (χ3n) is 4.72. The van der Waals surface area contributed by atoms with E-state index in [1.54, 1.807) is 31.2 Å². The largest absolute Gasteiger partial charge is 0.485 e. The predicted molar refractivity (Wildman–Crippen MR) is 120 cm³/mol. The molecule has 0 atom stereocenters. The standard InChI is InChI=1S/C23H22N4O3S/c1-13-9-14(2)21(15(3)10-13)18-12-31-23(25-18)26-22(28)17-7-5-6-8-19(17)29-11-20-24-16(4)30-27-20/h5-10,12H,11H2,1-4H3,(H,25,26,28). The number of rotatable bonds is 6. The van der Waals surface area contributed by atoms with E-state index < -0.39 is 0 Å². The van der Waals surface area contributed by atoms with Gasteiger partial charge in [0.1, 0.15) is 5.75 Å².